The zero-order valence-corrected chi connectivity index (χ0v) is 18.0. The number of carbonyl (C=O) groups excluding carboxylic acids is 1. The molecule has 2 aromatic carbocycles. The summed E-state index contributed by atoms with van der Waals surface area (Å²) in [5, 5.41) is 5.41. The van der Waals surface area contributed by atoms with E-state index in [0.717, 1.165) is 44.0 Å². The van der Waals surface area contributed by atoms with Gasteiger partial charge in [0.2, 0.25) is 0 Å². The maximum atomic E-state index is 10.2. The van der Waals surface area contributed by atoms with Crippen LogP contribution in [0, 0.1) is 20.8 Å². The van der Waals surface area contributed by atoms with Crippen LogP contribution >= 0.6 is 0 Å². The van der Waals surface area contributed by atoms with Gasteiger partial charge in [-0.2, -0.15) is 0 Å². The van der Waals surface area contributed by atoms with Crippen LogP contribution < -0.4 is 34.2 Å². The average Bonchev–Trinajstić information content (AvgIpc) is 2.71. The molecule has 0 fully saturated rings. The van der Waals surface area contributed by atoms with E-state index in [1.807, 2.05) is 30.3 Å². The minimum Gasteiger partial charge on any atom is -0.493 e. The zero-order chi connectivity index (χ0) is 20.5. The minimum atomic E-state index is 0. The predicted molar refractivity (Wildman–Crippen MR) is 118 cm³/mol. The number of benzene rings is 2. The molecule has 2 aromatic rings. The van der Waals surface area contributed by atoms with Gasteiger partial charge in [-0.25, -0.2) is 0 Å². The van der Waals surface area contributed by atoms with Crippen molar-refractivity contribution in [1.29, 1.82) is 0 Å². The Balaban J connectivity index is 0.00000117. The number of anilines is 1. The normalized spacial score (nSPS) is 9.62. The van der Waals surface area contributed by atoms with Crippen molar-refractivity contribution < 1.29 is 28.4 Å². The van der Waals surface area contributed by atoms with Gasteiger partial charge in [0.25, 0.3) is 0 Å². The van der Waals surface area contributed by atoms with Crippen molar-refractivity contribution in [2.45, 2.75) is 39.0 Å². The van der Waals surface area contributed by atoms with E-state index >= 15 is 0 Å². The van der Waals surface area contributed by atoms with Crippen LogP contribution in [0.1, 0.15) is 36.8 Å². The molecule has 0 aliphatic heterocycles. The minimum absolute atomic E-state index is 0. The van der Waals surface area contributed by atoms with E-state index in [0.29, 0.717) is 0 Å². The third-order valence-corrected chi connectivity index (χ3v) is 4.21. The van der Waals surface area contributed by atoms with Crippen LogP contribution in [0.5, 0.6) is 5.75 Å². The van der Waals surface area contributed by atoms with Gasteiger partial charge in [-0.3, -0.25) is 0 Å². The summed E-state index contributed by atoms with van der Waals surface area (Å²) in [5.41, 5.74) is 3.28. The summed E-state index contributed by atoms with van der Waals surface area (Å²) in [4.78, 5) is 10.2. The first-order valence-electron chi connectivity index (χ1n) is 9.91. The molecule has 0 radical (unpaired) electrons. The first-order valence-corrected chi connectivity index (χ1v) is 9.91. The fraction of sp³-hybridized carbons (Fsp3) is 0.375. The molecule has 0 heterocycles. The molecule has 0 saturated carbocycles. The third-order valence-electron chi connectivity index (χ3n) is 4.21. The smallest absolute Gasteiger partial charge is 0.493 e. The third kappa shape index (κ3) is 13.2. The number of amides is 1. The Morgan fingerprint density at radius 1 is 0.931 bits per heavy atom. The van der Waals surface area contributed by atoms with Crippen LogP contribution in [0.25, 0.3) is 0 Å². The van der Waals surface area contributed by atoms with Gasteiger partial charge in [-0.05, 0) is 37.8 Å². The maximum Gasteiger partial charge on any atom is 1.00 e. The largest absolute Gasteiger partial charge is 1.00 e. The average molecular weight is 388 g/mol. The van der Waals surface area contributed by atoms with Crippen LogP contribution in [0.3, 0.4) is 0 Å². The molecule has 0 saturated heterocycles. The summed E-state index contributed by atoms with van der Waals surface area (Å²) in [7, 11) is 0. The van der Waals surface area contributed by atoms with E-state index < -0.39 is 0 Å². The Morgan fingerprint density at radius 3 is 2.17 bits per heavy atom. The van der Waals surface area contributed by atoms with Gasteiger partial charge in [0.1, 0.15) is 5.75 Å². The van der Waals surface area contributed by atoms with E-state index in [1.165, 1.54) is 30.4 Å². The number of aryl methyl sites for hydroxylation is 2. The summed E-state index contributed by atoms with van der Waals surface area (Å²) < 4.78 is 5.80. The molecule has 0 spiro atoms. The van der Waals surface area contributed by atoms with Gasteiger partial charge in [0.05, 0.1) is 13.0 Å². The fourth-order valence-corrected chi connectivity index (χ4v) is 2.62. The van der Waals surface area contributed by atoms with E-state index in [-0.39, 0.29) is 18.9 Å². The van der Waals surface area contributed by atoms with Gasteiger partial charge in [0, 0.05) is 0 Å². The Kier molecular flexibility index (Phi) is 17.2. The van der Waals surface area contributed by atoms with E-state index in [9.17, 15) is 4.79 Å². The summed E-state index contributed by atoms with van der Waals surface area (Å²) in [6.07, 6.45) is 7.41. The molecule has 1 amide bonds. The topological polar surface area (TPSA) is 50.4 Å². The van der Waals surface area contributed by atoms with Gasteiger partial charge in [-0.1, -0.05) is 48.7 Å². The molecule has 154 valence electrons. The molecule has 0 atom stereocenters. The quantitative estimate of drug-likeness (QED) is 0.253. The van der Waals surface area contributed by atoms with Crippen LogP contribution in [0.2, 0.25) is 0 Å². The van der Waals surface area contributed by atoms with Gasteiger partial charge in [-0.15, -0.1) is 30.9 Å². The predicted octanol–water partition coefficient (Wildman–Crippen LogP) is 1.90. The van der Waals surface area contributed by atoms with Crippen molar-refractivity contribution in [2.75, 3.05) is 25.0 Å². The van der Waals surface area contributed by atoms with Crippen molar-refractivity contribution in [3.05, 3.63) is 73.5 Å². The van der Waals surface area contributed by atoms with Gasteiger partial charge >= 0.3 is 18.9 Å². The number of unbranched alkanes of at least 4 members (excludes halogenated alkanes) is 3. The summed E-state index contributed by atoms with van der Waals surface area (Å²) >= 11 is 0. The number of ether oxygens (including phenoxy) is 1. The number of rotatable bonds is 12. The molecule has 5 heteroatoms. The number of hydrogen-bond donors (Lipinski definition) is 2. The summed E-state index contributed by atoms with van der Waals surface area (Å²) in [6, 6.07) is 16.1. The Hall–Kier alpha value is -1.73. The van der Waals surface area contributed by atoms with Crippen molar-refractivity contribution in [3.8, 4) is 5.75 Å². The molecule has 0 aromatic heterocycles. The van der Waals surface area contributed by atoms with E-state index in [1.54, 1.807) is 6.41 Å². The van der Waals surface area contributed by atoms with Crippen LogP contribution in [-0.4, -0.2) is 26.1 Å². The van der Waals surface area contributed by atoms with Crippen molar-refractivity contribution in [3.63, 3.8) is 0 Å². The van der Waals surface area contributed by atoms with Crippen LogP contribution in [-0.2, 0) is 11.2 Å². The first kappa shape index (κ1) is 27.3. The van der Waals surface area contributed by atoms with Gasteiger partial charge < -0.3 is 34.0 Å². The molecule has 0 aliphatic rings. The van der Waals surface area contributed by atoms with E-state index in [2.05, 4.69) is 49.6 Å². The maximum absolute atomic E-state index is 10.2. The van der Waals surface area contributed by atoms with Crippen molar-refractivity contribution >= 4 is 12.1 Å². The number of nitrogens with one attached hydrogen (secondary N) is 2. The van der Waals surface area contributed by atoms with Crippen LogP contribution in [0.15, 0.2) is 48.5 Å². The molecule has 4 nitrogen and oxygen atoms in total. The molecular formula is C24H33LiN2O2-2. The summed E-state index contributed by atoms with van der Waals surface area (Å²) in [5.74, 6) is 0.994. The number of para-hydroxylation sites is 1. The fourth-order valence-electron chi connectivity index (χ4n) is 2.62. The molecule has 2 rings (SSSR count). The Labute approximate surface area is 189 Å². The van der Waals surface area contributed by atoms with Crippen LogP contribution in [0.4, 0.5) is 5.69 Å². The Bertz CT molecular complexity index is 646. The summed E-state index contributed by atoms with van der Waals surface area (Å²) in [6.45, 7) is 11.5. The zero-order valence-electron chi connectivity index (χ0n) is 18.0. The van der Waals surface area contributed by atoms with E-state index in [4.69, 9.17) is 4.74 Å². The van der Waals surface area contributed by atoms with Crippen molar-refractivity contribution in [2.24, 2.45) is 0 Å². The second-order valence-corrected chi connectivity index (χ2v) is 6.45. The molecule has 0 aliphatic carbocycles. The van der Waals surface area contributed by atoms with Crippen molar-refractivity contribution in [1.82, 2.24) is 5.32 Å². The standard InChI is InChI=1S/C20H24NO2.C4H9N.Li/c1-17-8-5-6-10-20(17)23-15-7-3-2-4-9-18-11-13-19(14-12-18)21-16-22;1-3-5-4-2;/h5-6,8,10-14H,2-4,7,9,15H2,1H3,(H,21,22);5H,1-4H2;/q-1;-2;+1. The molecule has 29 heavy (non-hydrogen) atoms. The monoisotopic (exact) mass is 388 g/mol. The molecular weight excluding hydrogens is 355 g/mol. The first-order chi connectivity index (χ1) is 13.7. The van der Waals surface area contributed by atoms with Gasteiger partial charge in [0.15, 0.2) is 0 Å². The second kappa shape index (κ2) is 18.3. The molecule has 0 unspecified atom stereocenters. The number of hydrogen-bond acceptors (Lipinski definition) is 3. The molecule has 2 N–H and O–H groups in total. The SMILES string of the molecule is Cc1ccccc1OCCCCCCc1ccc(N[C-]=O)cc1.[CH2-]CNC[CH2-].[Li+]. The molecule has 0 bridgehead atoms. The Morgan fingerprint density at radius 2 is 1.59 bits per heavy atom. The second-order valence-electron chi connectivity index (χ2n) is 6.45.